The van der Waals surface area contributed by atoms with E-state index in [2.05, 4.69) is 14.3 Å². The maximum Gasteiger partial charge on any atom is 0.339 e. The van der Waals surface area contributed by atoms with E-state index in [1.54, 1.807) is 7.05 Å². The maximum atomic E-state index is 10.4. The number of aromatic carboxylic acids is 1. The van der Waals surface area contributed by atoms with Gasteiger partial charge in [0.1, 0.15) is 5.56 Å². The molecule has 0 saturated heterocycles. The molecule has 1 rings (SSSR count). The lowest BCUT2D eigenvalue weighted by Gasteiger charge is -1.84. The molecule has 4 nitrogen and oxygen atoms in total. The summed E-state index contributed by atoms with van der Waals surface area (Å²) in [4.78, 5) is 10.4. The Balaban J connectivity index is 3.15. The predicted molar refractivity (Wildman–Crippen MR) is 39.5 cm³/mol. The van der Waals surface area contributed by atoms with E-state index >= 15 is 0 Å². The van der Waals surface area contributed by atoms with Gasteiger partial charge in [0, 0.05) is 13.2 Å². The second kappa shape index (κ2) is 2.39. The molecule has 1 aromatic rings. The van der Waals surface area contributed by atoms with Crippen LogP contribution in [0.25, 0.3) is 0 Å². The minimum atomic E-state index is -0.946. The van der Waals surface area contributed by atoms with E-state index in [1.165, 1.54) is 10.9 Å². The molecule has 1 heterocycles. The average molecular weight is 158 g/mol. The quantitative estimate of drug-likeness (QED) is 0.567. The Labute approximate surface area is 60.1 Å². The van der Waals surface area contributed by atoms with Crippen molar-refractivity contribution in [1.29, 1.82) is 0 Å². The number of hydrogen-bond donors (Lipinski definition) is 1. The molecule has 0 aromatic carbocycles. The first kappa shape index (κ1) is 7.22. The molecule has 1 unspecified atom stereocenters. The smallest absolute Gasteiger partial charge is 0.339 e. The Hall–Kier alpha value is -0.890. The third-order valence-electron chi connectivity index (χ3n) is 1.09. The highest BCUT2D eigenvalue weighted by molar-refractivity contribution is 7.27. The van der Waals surface area contributed by atoms with E-state index in [9.17, 15) is 4.79 Å². The predicted octanol–water partition coefficient (Wildman–Crippen LogP) is -0.381. The Morgan fingerprint density at radius 3 is 2.70 bits per heavy atom. The highest BCUT2D eigenvalue weighted by atomic mass is 31.0. The fourth-order valence-electron chi connectivity index (χ4n) is 0.670. The van der Waals surface area contributed by atoms with Crippen LogP contribution in [0.2, 0.25) is 0 Å². The van der Waals surface area contributed by atoms with Gasteiger partial charge >= 0.3 is 5.97 Å². The summed E-state index contributed by atoms with van der Waals surface area (Å²) in [6.07, 6.45) is 1.46. The van der Waals surface area contributed by atoms with E-state index in [1.807, 2.05) is 0 Å². The molecule has 0 spiro atoms. The topological polar surface area (TPSA) is 55.1 Å². The molecule has 1 aromatic heterocycles. The number of nitrogens with zero attached hydrogens (tertiary/aromatic N) is 2. The van der Waals surface area contributed by atoms with Gasteiger partial charge in [0.05, 0.1) is 5.44 Å². The number of carbonyl (C=O) groups is 1. The first-order valence-corrected chi connectivity index (χ1v) is 3.21. The molecule has 5 heteroatoms. The molecule has 0 aliphatic heterocycles. The van der Waals surface area contributed by atoms with Gasteiger partial charge in [-0.25, -0.2) is 4.79 Å². The molecule has 0 radical (unpaired) electrons. The van der Waals surface area contributed by atoms with Gasteiger partial charge in [0.25, 0.3) is 0 Å². The van der Waals surface area contributed by atoms with Crippen LogP contribution in [0.1, 0.15) is 10.4 Å². The summed E-state index contributed by atoms with van der Waals surface area (Å²) < 4.78 is 1.46. The monoisotopic (exact) mass is 158 g/mol. The van der Waals surface area contributed by atoms with Crippen LogP contribution in [0.4, 0.5) is 0 Å². The summed E-state index contributed by atoms with van der Waals surface area (Å²) >= 11 is 0. The summed E-state index contributed by atoms with van der Waals surface area (Å²) in [5.74, 6) is -0.946. The number of hydrogen-bond acceptors (Lipinski definition) is 2. The molecule has 0 aliphatic carbocycles. The lowest BCUT2D eigenvalue weighted by atomic mass is 10.4. The zero-order valence-corrected chi connectivity index (χ0v) is 6.56. The van der Waals surface area contributed by atoms with Crippen molar-refractivity contribution in [2.45, 2.75) is 0 Å². The highest BCUT2D eigenvalue weighted by Gasteiger charge is 2.09. The van der Waals surface area contributed by atoms with E-state index in [-0.39, 0.29) is 5.56 Å². The molecule has 0 bridgehead atoms. The van der Waals surface area contributed by atoms with Gasteiger partial charge in [-0.2, -0.15) is 5.10 Å². The van der Waals surface area contributed by atoms with Crippen molar-refractivity contribution in [1.82, 2.24) is 9.78 Å². The SMILES string of the molecule is Cn1cc(C(=O)O)c(P)n1. The number of rotatable bonds is 1. The number of aromatic nitrogens is 2. The van der Waals surface area contributed by atoms with Crippen molar-refractivity contribution in [2.75, 3.05) is 0 Å². The number of carboxylic acid groups (broad SMARTS) is 1. The standard InChI is InChI=1S/C5H7N2O2P/c1-7-2-3(5(8)9)4(10)6-7/h2H,10H2,1H3,(H,8,9). The van der Waals surface area contributed by atoms with Crippen LogP contribution in [-0.4, -0.2) is 20.9 Å². The van der Waals surface area contributed by atoms with Crippen LogP contribution in [0.3, 0.4) is 0 Å². The third-order valence-corrected chi connectivity index (χ3v) is 1.51. The van der Waals surface area contributed by atoms with Gasteiger partial charge < -0.3 is 5.11 Å². The van der Waals surface area contributed by atoms with Crippen molar-refractivity contribution in [2.24, 2.45) is 7.05 Å². The van der Waals surface area contributed by atoms with Crippen LogP contribution >= 0.6 is 9.24 Å². The Morgan fingerprint density at radius 1 is 1.90 bits per heavy atom. The zero-order chi connectivity index (χ0) is 7.72. The molecular formula is C5H7N2O2P. The van der Waals surface area contributed by atoms with Gasteiger partial charge in [-0.1, -0.05) is 9.24 Å². The van der Waals surface area contributed by atoms with Gasteiger partial charge in [-0.3, -0.25) is 4.68 Å². The molecule has 54 valence electrons. The van der Waals surface area contributed by atoms with Crippen molar-refractivity contribution in [3.63, 3.8) is 0 Å². The zero-order valence-electron chi connectivity index (χ0n) is 5.40. The summed E-state index contributed by atoms with van der Waals surface area (Å²) in [6.45, 7) is 0. The van der Waals surface area contributed by atoms with Gasteiger partial charge in [0.2, 0.25) is 0 Å². The van der Waals surface area contributed by atoms with Crippen molar-refractivity contribution >= 4 is 20.6 Å². The van der Waals surface area contributed by atoms with Gasteiger partial charge in [-0.05, 0) is 0 Å². The lowest BCUT2D eigenvalue weighted by molar-refractivity contribution is 0.0698. The fraction of sp³-hybridized carbons (Fsp3) is 0.200. The van der Waals surface area contributed by atoms with E-state index < -0.39 is 5.97 Å². The molecule has 0 aliphatic rings. The first-order chi connectivity index (χ1) is 4.61. The first-order valence-electron chi connectivity index (χ1n) is 2.63. The van der Waals surface area contributed by atoms with Gasteiger partial charge in [0.15, 0.2) is 0 Å². The van der Waals surface area contributed by atoms with Crippen LogP contribution in [0.5, 0.6) is 0 Å². The van der Waals surface area contributed by atoms with Crippen molar-refractivity contribution < 1.29 is 9.90 Å². The van der Waals surface area contributed by atoms with Crippen LogP contribution in [0.15, 0.2) is 6.20 Å². The normalized spacial score (nSPS) is 9.80. The Bertz CT molecular complexity index is 269. The van der Waals surface area contributed by atoms with Crippen molar-refractivity contribution in [3.05, 3.63) is 11.8 Å². The molecule has 0 fully saturated rings. The highest BCUT2D eigenvalue weighted by Crippen LogP contribution is 1.96. The van der Waals surface area contributed by atoms with Gasteiger partial charge in [-0.15, -0.1) is 0 Å². The Kier molecular flexibility index (Phi) is 1.72. The minimum Gasteiger partial charge on any atom is -0.478 e. The largest absolute Gasteiger partial charge is 0.478 e. The molecule has 0 amide bonds. The van der Waals surface area contributed by atoms with Crippen LogP contribution < -0.4 is 5.44 Å². The molecule has 1 N–H and O–H groups in total. The maximum absolute atomic E-state index is 10.4. The van der Waals surface area contributed by atoms with Crippen LogP contribution in [-0.2, 0) is 7.05 Å². The average Bonchev–Trinajstić information content (AvgIpc) is 2.10. The lowest BCUT2D eigenvalue weighted by Crippen LogP contribution is -2.06. The van der Waals surface area contributed by atoms with Crippen molar-refractivity contribution in [3.8, 4) is 0 Å². The Morgan fingerprint density at radius 2 is 2.50 bits per heavy atom. The number of aryl methyl sites for hydroxylation is 1. The summed E-state index contributed by atoms with van der Waals surface area (Å²) in [5, 5.41) is 12.3. The fourth-order valence-corrected chi connectivity index (χ4v) is 1.05. The molecular weight excluding hydrogens is 151 g/mol. The second-order valence-electron chi connectivity index (χ2n) is 1.91. The molecule has 0 saturated carbocycles. The van der Waals surface area contributed by atoms with E-state index in [0.717, 1.165) is 0 Å². The minimum absolute atomic E-state index is 0.229. The number of carboxylic acids is 1. The molecule has 10 heavy (non-hydrogen) atoms. The van der Waals surface area contributed by atoms with E-state index in [0.29, 0.717) is 5.44 Å². The summed E-state index contributed by atoms with van der Waals surface area (Å²) in [6, 6.07) is 0. The summed E-state index contributed by atoms with van der Waals surface area (Å²) in [5.41, 5.74) is 0.697. The third kappa shape index (κ3) is 1.16. The summed E-state index contributed by atoms with van der Waals surface area (Å²) in [7, 11) is 3.94. The molecule has 1 atom stereocenters. The van der Waals surface area contributed by atoms with Crippen LogP contribution in [0, 0.1) is 0 Å². The van der Waals surface area contributed by atoms with E-state index in [4.69, 9.17) is 5.11 Å². The second-order valence-corrected chi connectivity index (χ2v) is 2.45.